The molecule has 0 aliphatic carbocycles. The van der Waals surface area contributed by atoms with Crippen LogP contribution in [0.5, 0.6) is 0 Å². The van der Waals surface area contributed by atoms with E-state index in [1.54, 1.807) is 32.6 Å². The van der Waals surface area contributed by atoms with E-state index in [2.05, 4.69) is 23.9 Å². The van der Waals surface area contributed by atoms with Crippen LogP contribution in [0.25, 0.3) is 16.9 Å². The Kier molecular flexibility index (Phi) is 6.53. The molecule has 2 amide bonds. The first-order chi connectivity index (χ1) is 16.4. The highest BCUT2D eigenvalue weighted by atomic mass is 19.1. The van der Waals surface area contributed by atoms with Crippen LogP contribution in [-0.2, 0) is 4.74 Å². The lowest BCUT2D eigenvalue weighted by molar-refractivity contribution is 0.00191. The van der Waals surface area contributed by atoms with Crippen LogP contribution in [0.1, 0.15) is 63.5 Å². The molecule has 35 heavy (non-hydrogen) atoms. The number of piperazine rings is 1. The molecule has 4 rings (SSSR count). The number of nitrogens with zero attached hydrogens (tertiary/aromatic N) is 5. The Morgan fingerprint density at radius 2 is 1.83 bits per heavy atom. The number of benzene rings is 1. The third-order valence-electron chi connectivity index (χ3n) is 5.98. The molecule has 1 aliphatic rings. The van der Waals surface area contributed by atoms with Gasteiger partial charge < -0.3 is 14.5 Å². The third-order valence-corrected chi connectivity index (χ3v) is 5.98. The van der Waals surface area contributed by atoms with Gasteiger partial charge in [0.25, 0.3) is 5.91 Å². The molecular weight excluding hydrogens is 449 g/mol. The Morgan fingerprint density at radius 3 is 2.43 bits per heavy atom. The Hall–Kier alpha value is -3.49. The summed E-state index contributed by atoms with van der Waals surface area (Å²) in [6.45, 7) is 12.7. The molecule has 0 saturated carbocycles. The fourth-order valence-corrected chi connectivity index (χ4v) is 4.19. The average Bonchev–Trinajstić information content (AvgIpc) is 3.21. The second-order valence-corrected chi connectivity index (χ2v) is 10.3. The lowest BCUT2D eigenvalue weighted by atomic mass is 10.0. The van der Waals surface area contributed by atoms with Gasteiger partial charge in [-0.2, -0.15) is 5.10 Å². The predicted octanol–water partition coefficient (Wildman–Crippen LogP) is 4.74. The van der Waals surface area contributed by atoms with Crippen molar-refractivity contribution in [1.29, 1.82) is 0 Å². The summed E-state index contributed by atoms with van der Waals surface area (Å²) in [7, 11) is 0. The number of halogens is 1. The number of amides is 2. The summed E-state index contributed by atoms with van der Waals surface area (Å²) >= 11 is 0. The van der Waals surface area contributed by atoms with Crippen molar-refractivity contribution >= 4 is 17.6 Å². The molecule has 1 fully saturated rings. The van der Waals surface area contributed by atoms with Gasteiger partial charge in [0, 0.05) is 36.8 Å². The van der Waals surface area contributed by atoms with Crippen LogP contribution in [0.2, 0.25) is 0 Å². The van der Waals surface area contributed by atoms with Crippen LogP contribution >= 0.6 is 0 Å². The monoisotopic (exact) mass is 481 g/mol. The summed E-state index contributed by atoms with van der Waals surface area (Å²) in [5.74, 6) is -0.373. The molecule has 186 valence electrons. The van der Waals surface area contributed by atoms with Crippen LogP contribution < -0.4 is 0 Å². The van der Waals surface area contributed by atoms with Crippen LogP contribution in [0.4, 0.5) is 9.18 Å². The number of fused-ring (bicyclic) bond motifs is 1. The van der Waals surface area contributed by atoms with E-state index in [-0.39, 0.29) is 29.8 Å². The van der Waals surface area contributed by atoms with Crippen molar-refractivity contribution in [2.24, 2.45) is 0 Å². The maximum Gasteiger partial charge on any atom is 0.410 e. The van der Waals surface area contributed by atoms with E-state index in [4.69, 9.17) is 4.74 Å². The zero-order valence-electron chi connectivity index (χ0n) is 21.1. The Balaban J connectivity index is 1.58. The van der Waals surface area contributed by atoms with Crippen LogP contribution in [0.3, 0.4) is 0 Å². The molecule has 0 spiro atoms. The van der Waals surface area contributed by atoms with Gasteiger partial charge >= 0.3 is 6.09 Å². The first kappa shape index (κ1) is 24.6. The van der Waals surface area contributed by atoms with Crippen molar-refractivity contribution in [2.45, 2.75) is 59.1 Å². The van der Waals surface area contributed by atoms with E-state index in [9.17, 15) is 14.0 Å². The standard InChI is InChI=1S/C26H32FN5O3/c1-16(2)20-13-21(18-7-9-19(27)10-8-18)29-32-15-22(28-23(20)32)24(33)30-11-12-31(17(3)14-30)25(34)35-26(4,5)6/h7-10,13,15-17H,11-12,14H2,1-6H3. The lowest BCUT2D eigenvalue weighted by Gasteiger charge is -2.40. The SMILES string of the molecule is CC(C)c1cc(-c2ccc(F)cc2)nn2cc(C(=O)N3CCN(C(=O)OC(C)(C)C)C(C)C3)nc12. The molecule has 0 bridgehead atoms. The molecule has 3 heterocycles. The van der Waals surface area contributed by atoms with Gasteiger partial charge in [-0.05, 0) is 63.9 Å². The van der Waals surface area contributed by atoms with Gasteiger partial charge in [-0.3, -0.25) is 4.79 Å². The minimum Gasteiger partial charge on any atom is -0.444 e. The maximum atomic E-state index is 13.4. The molecule has 1 aliphatic heterocycles. The largest absolute Gasteiger partial charge is 0.444 e. The molecule has 8 nitrogen and oxygen atoms in total. The van der Waals surface area contributed by atoms with Crippen molar-refractivity contribution in [3.05, 3.63) is 53.6 Å². The van der Waals surface area contributed by atoms with Gasteiger partial charge in [0.05, 0.1) is 11.9 Å². The van der Waals surface area contributed by atoms with Crippen LogP contribution in [-0.4, -0.2) is 67.7 Å². The molecule has 1 saturated heterocycles. The Morgan fingerprint density at radius 1 is 1.14 bits per heavy atom. The van der Waals surface area contributed by atoms with Gasteiger partial charge in [0.15, 0.2) is 5.65 Å². The van der Waals surface area contributed by atoms with E-state index < -0.39 is 5.60 Å². The van der Waals surface area contributed by atoms with Gasteiger partial charge in [0.2, 0.25) is 0 Å². The molecule has 2 aromatic heterocycles. The summed E-state index contributed by atoms with van der Waals surface area (Å²) in [5, 5.41) is 4.64. The third kappa shape index (κ3) is 5.28. The van der Waals surface area contributed by atoms with Gasteiger partial charge in [-0.15, -0.1) is 0 Å². The highest BCUT2D eigenvalue weighted by molar-refractivity contribution is 5.93. The molecule has 9 heteroatoms. The minimum atomic E-state index is -0.575. The number of rotatable bonds is 3. The summed E-state index contributed by atoms with van der Waals surface area (Å²) in [5.41, 5.74) is 2.75. The highest BCUT2D eigenvalue weighted by Crippen LogP contribution is 2.26. The second-order valence-electron chi connectivity index (χ2n) is 10.3. The zero-order chi connectivity index (χ0) is 25.5. The Bertz CT molecular complexity index is 1250. The van der Waals surface area contributed by atoms with Crippen LogP contribution in [0.15, 0.2) is 36.5 Å². The summed E-state index contributed by atoms with van der Waals surface area (Å²) in [6.07, 6.45) is 1.27. The number of hydrogen-bond acceptors (Lipinski definition) is 5. The van der Waals surface area contributed by atoms with Crippen molar-refractivity contribution in [1.82, 2.24) is 24.4 Å². The topological polar surface area (TPSA) is 80.0 Å². The number of ether oxygens (including phenoxy) is 1. The fourth-order valence-electron chi connectivity index (χ4n) is 4.19. The average molecular weight is 482 g/mol. The summed E-state index contributed by atoms with van der Waals surface area (Å²) in [4.78, 5) is 33.9. The molecule has 1 atom stereocenters. The van der Waals surface area contributed by atoms with E-state index in [0.29, 0.717) is 36.7 Å². The molecule has 0 radical (unpaired) electrons. The van der Waals surface area contributed by atoms with E-state index >= 15 is 0 Å². The van der Waals surface area contributed by atoms with Crippen molar-refractivity contribution < 1.29 is 18.7 Å². The van der Waals surface area contributed by atoms with E-state index in [1.165, 1.54) is 12.1 Å². The number of carbonyl (C=O) groups excluding carboxylic acids is 2. The number of imidazole rings is 1. The normalized spacial score (nSPS) is 16.7. The second kappa shape index (κ2) is 9.28. The van der Waals surface area contributed by atoms with Crippen molar-refractivity contribution in [3.8, 4) is 11.3 Å². The summed E-state index contributed by atoms with van der Waals surface area (Å²) < 4.78 is 20.5. The van der Waals surface area contributed by atoms with Crippen LogP contribution in [0, 0.1) is 5.82 Å². The van der Waals surface area contributed by atoms with Gasteiger partial charge in [-0.25, -0.2) is 18.7 Å². The van der Waals surface area contributed by atoms with Crippen molar-refractivity contribution in [2.75, 3.05) is 19.6 Å². The van der Waals surface area contributed by atoms with Crippen molar-refractivity contribution in [3.63, 3.8) is 0 Å². The molecular formula is C26H32FN5O3. The smallest absolute Gasteiger partial charge is 0.410 e. The predicted molar refractivity (Wildman–Crippen MR) is 131 cm³/mol. The number of hydrogen-bond donors (Lipinski definition) is 0. The number of carbonyl (C=O) groups is 2. The molecule has 0 N–H and O–H groups in total. The number of aromatic nitrogens is 3. The zero-order valence-corrected chi connectivity index (χ0v) is 21.1. The Labute approximate surface area is 204 Å². The maximum absolute atomic E-state index is 13.4. The van der Waals surface area contributed by atoms with Gasteiger partial charge in [0.1, 0.15) is 17.1 Å². The lowest BCUT2D eigenvalue weighted by Crippen LogP contribution is -2.56. The first-order valence-corrected chi connectivity index (χ1v) is 11.9. The van der Waals surface area contributed by atoms with E-state index in [0.717, 1.165) is 11.1 Å². The van der Waals surface area contributed by atoms with E-state index in [1.807, 2.05) is 33.8 Å². The summed E-state index contributed by atoms with van der Waals surface area (Å²) in [6, 6.07) is 7.92. The highest BCUT2D eigenvalue weighted by Gasteiger charge is 2.33. The molecule has 1 aromatic carbocycles. The van der Waals surface area contributed by atoms with Gasteiger partial charge in [-0.1, -0.05) is 13.8 Å². The molecule has 3 aromatic rings. The quantitative estimate of drug-likeness (QED) is 0.540. The fraction of sp³-hybridized carbons (Fsp3) is 0.462. The first-order valence-electron chi connectivity index (χ1n) is 11.9. The minimum absolute atomic E-state index is 0.141. The molecule has 1 unspecified atom stereocenters.